The molecule has 1 fully saturated rings. The van der Waals surface area contributed by atoms with Gasteiger partial charge < -0.3 is 19.7 Å². The Labute approximate surface area is 111 Å². The number of benzene rings is 1. The van der Waals surface area contributed by atoms with Crippen LogP contribution in [0.4, 0.5) is 4.79 Å². The second kappa shape index (κ2) is 5.60. The predicted octanol–water partition coefficient (Wildman–Crippen LogP) is 1.01. The van der Waals surface area contributed by atoms with Crippen molar-refractivity contribution in [1.82, 2.24) is 10.2 Å². The Morgan fingerprint density at radius 3 is 2.79 bits per heavy atom. The van der Waals surface area contributed by atoms with Crippen LogP contribution in [0.3, 0.4) is 0 Å². The minimum Gasteiger partial charge on any atom is -0.496 e. The molecule has 2 amide bonds. The number of carbonyl (C=O) groups excluding carboxylic acids is 2. The molecule has 0 aromatic heterocycles. The molecule has 0 radical (unpaired) electrons. The van der Waals surface area contributed by atoms with E-state index in [1.807, 2.05) is 0 Å². The highest BCUT2D eigenvalue weighted by Crippen LogP contribution is 2.22. The number of amides is 2. The number of rotatable bonds is 4. The number of methoxy groups -OCH3 is 2. The molecule has 19 heavy (non-hydrogen) atoms. The van der Waals surface area contributed by atoms with Gasteiger partial charge in [0.2, 0.25) is 0 Å². The molecule has 1 aromatic carbocycles. The Balaban J connectivity index is 2.20. The molecule has 1 heterocycles. The first-order valence-electron chi connectivity index (χ1n) is 5.93. The Hall–Kier alpha value is -2.24. The first kappa shape index (κ1) is 13.2. The summed E-state index contributed by atoms with van der Waals surface area (Å²) < 4.78 is 9.92. The number of nitrogens with one attached hydrogen (secondary N) is 1. The van der Waals surface area contributed by atoms with E-state index in [9.17, 15) is 9.59 Å². The fraction of sp³-hybridized carbons (Fsp3) is 0.385. The van der Waals surface area contributed by atoms with Gasteiger partial charge in [0.1, 0.15) is 5.75 Å². The van der Waals surface area contributed by atoms with Crippen molar-refractivity contribution < 1.29 is 19.1 Å². The highest BCUT2D eigenvalue weighted by atomic mass is 16.5. The third-order valence-corrected chi connectivity index (χ3v) is 3.01. The molecule has 0 aliphatic carbocycles. The molecule has 0 bridgehead atoms. The van der Waals surface area contributed by atoms with Crippen molar-refractivity contribution >= 4 is 12.0 Å². The predicted molar refractivity (Wildman–Crippen MR) is 68.1 cm³/mol. The van der Waals surface area contributed by atoms with Gasteiger partial charge in [-0.25, -0.2) is 9.59 Å². The highest BCUT2D eigenvalue weighted by Gasteiger charge is 2.21. The molecule has 0 unspecified atom stereocenters. The second-order valence-electron chi connectivity index (χ2n) is 4.17. The third kappa shape index (κ3) is 2.78. The van der Waals surface area contributed by atoms with Crippen LogP contribution in [-0.2, 0) is 11.3 Å². The number of ether oxygens (including phenoxy) is 2. The Bertz CT molecular complexity index is 501. The molecule has 0 saturated carbocycles. The first-order chi connectivity index (χ1) is 9.15. The van der Waals surface area contributed by atoms with E-state index in [-0.39, 0.29) is 6.03 Å². The van der Waals surface area contributed by atoms with E-state index < -0.39 is 5.97 Å². The molecule has 0 spiro atoms. The van der Waals surface area contributed by atoms with Gasteiger partial charge in [0.15, 0.2) is 0 Å². The molecule has 2 rings (SSSR count). The maximum Gasteiger partial charge on any atom is 0.337 e. The van der Waals surface area contributed by atoms with Crippen molar-refractivity contribution in [3.8, 4) is 5.75 Å². The molecule has 1 N–H and O–H groups in total. The zero-order chi connectivity index (χ0) is 13.8. The van der Waals surface area contributed by atoms with Gasteiger partial charge >= 0.3 is 12.0 Å². The van der Waals surface area contributed by atoms with Crippen molar-refractivity contribution in [3.63, 3.8) is 0 Å². The summed E-state index contributed by atoms with van der Waals surface area (Å²) >= 11 is 0. The Morgan fingerprint density at radius 2 is 2.21 bits per heavy atom. The quantitative estimate of drug-likeness (QED) is 0.824. The van der Waals surface area contributed by atoms with E-state index in [0.29, 0.717) is 30.9 Å². The van der Waals surface area contributed by atoms with Crippen molar-refractivity contribution in [2.45, 2.75) is 6.54 Å². The molecule has 1 aliphatic heterocycles. The maximum atomic E-state index is 11.5. The summed E-state index contributed by atoms with van der Waals surface area (Å²) in [5, 5.41) is 2.74. The largest absolute Gasteiger partial charge is 0.496 e. The zero-order valence-corrected chi connectivity index (χ0v) is 10.9. The normalized spacial score (nSPS) is 14.2. The molecule has 6 nitrogen and oxygen atoms in total. The first-order valence-corrected chi connectivity index (χ1v) is 5.93. The second-order valence-corrected chi connectivity index (χ2v) is 4.17. The van der Waals surface area contributed by atoms with Gasteiger partial charge in [-0.05, 0) is 12.1 Å². The number of esters is 1. The number of hydrogen-bond acceptors (Lipinski definition) is 4. The van der Waals surface area contributed by atoms with Crippen LogP contribution in [0.1, 0.15) is 15.9 Å². The SMILES string of the molecule is COC(=O)c1ccc(CN2CCNC2=O)c(OC)c1. The van der Waals surface area contributed by atoms with Crippen molar-refractivity contribution in [3.05, 3.63) is 29.3 Å². The molecule has 1 aliphatic rings. The van der Waals surface area contributed by atoms with Gasteiger partial charge in [0.05, 0.1) is 26.3 Å². The molecule has 102 valence electrons. The molecule has 1 aromatic rings. The van der Waals surface area contributed by atoms with Crippen LogP contribution >= 0.6 is 0 Å². The van der Waals surface area contributed by atoms with Gasteiger partial charge in [-0.3, -0.25) is 0 Å². The van der Waals surface area contributed by atoms with Gasteiger partial charge in [-0.2, -0.15) is 0 Å². The lowest BCUT2D eigenvalue weighted by atomic mass is 10.1. The summed E-state index contributed by atoms with van der Waals surface area (Å²) in [6.45, 7) is 1.78. The van der Waals surface area contributed by atoms with Gasteiger partial charge in [-0.15, -0.1) is 0 Å². The van der Waals surface area contributed by atoms with Crippen molar-refractivity contribution in [2.75, 3.05) is 27.3 Å². The lowest BCUT2D eigenvalue weighted by Crippen LogP contribution is -2.27. The third-order valence-electron chi connectivity index (χ3n) is 3.01. The fourth-order valence-corrected chi connectivity index (χ4v) is 1.99. The van der Waals surface area contributed by atoms with E-state index in [0.717, 1.165) is 5.56 Å². The Morgan fingerprint density at radius 1 is 1.42 bits per heavy atom. The minimum absolute atomic E-state index is 0.0842. The number of carbonyl (C=O) groups is 2. The van der Waals surface area contributed by atoms with Crippen molar-refractivity contribution in [1.29, 1.82) is 0 Å². The van der Waals surface area contributed by atoms with E-state index in [1.165, 1.54) is 14.2 Å². The molecule has 6 heteroatoms. The number of hydrogen-bond donors (Lipinski definition) is 1. The Kier molecular flexibility index (Phi) is 3.89. The molecule has 1 saturated heterocycles. The van der Waals surface area contributed by atoms with Crippen LogP contribution in [-0.4, -0.2) is 44.2 Å². The summed E-state index contributed by atoms with van der Waals surface area (Å²) in [4.78, 5) is 24.6. The van der Waals surface area contributed by atoms with Gasteiger partial charge in [0, 0.05) is 18.7 Å². The zero-order valence-electron chi connectivity index (χ0n) is 10.9. The monoisotopic (exact) mass is 264 g/mol. The average Bonchev–Trinajstić information content (AvgIpc) is 2.84. The smallest absolute Gasteiger partial charge is 0.337 e. The summed E-state index contributed by atoms with van der Waals surface area (Å²) in [5.41, 5.74) is 1.28. The molecule has 0 atom stereocenters. The van der Waals surface area contributed by atoms with E-state index in [2.05, 4.69) is 10.1 Å². The fourth-order valence-electron chi connectivity index (χ4n) is 1.99. The maximum absolute atomic E-state index is 11.5. The summed E-state index contributed by atoms with van der Waals surface area (Å²) in [6, 6.07) is 4.97. The van der Waals surface area contributed by atoms with Gasteiger partial charge in [0.25, 0.3) is 0 Å². The molecular weight excluding hydrogens is 248 g/mol. The van der Waals surface area contributed by atoms with Crippen molar-refractivity contribution in [2.24, 2.45) is 0 Å². The van der Waals surface area contributed by atoms with Crippen LogP contribution in [0.25, 0.3) is 0 Å². The topological polar surface area (TPSA) is 67.9 Å². The standard InChI is InChI=1S/C13H16N2O4/c1-18-11-7-9(12(16)19-2)3-4-10(11)8-15-6-5-14-13(15)17/h3-4,7H,5-6,8H2,1-2H3,(H,14,17). The lowest BCUT2D eigenvalue weighted by molar-refractivity contribution is 0.0600. The summed E-state index contributed by atoms with van der Waals surface area (Å²) in [5.74, 6) is 0.159. The lowest BCUT2D eigenvalue weighted by Gasteiger charge is -2.16. The number of nitrogens with zero attached hydrogens (tertiary/aromatic N) is 1. The number of urea groups is 1. The van der Waals surface area contributed by atoms with Crippen LogP contribution < -0.4 is 10.1 Å². The van der Waals surface area contributed by atoms with E-state index in [4.69, 9.17) is 4.74 Å². The van der Waals surface area contributed by atoms with E-state index in [1.54, 1.807) is 23.1 Å². The summed E-state index contributed by atoms with van der Waals surface area (Å²) in [7, 11) is 2.86. The minimum atomic E-state index is -0.413. The average molecular weight is 264 g/mol. The summed E-state index contributed by atoms with van der Waals surface area (Å²) in [6.07, 6.45) is 0. The van der Waals surface area contributed by atoms with Gasteiger partial charge in [-0.1, -0.05) is 6.07 Å². The van der Waals surface area contributed by atoms with E-state index >= 15 is 0 Å². The van der Waals surface area contributed by atoms with Crippen LogP contribution in [0.15, 0.2) is 18.2 Å². The highest BCUT2D eigenvalue weighted by molar-refractivity contribution is 5.90. The van der Waals surface area contributed by atoms with Crippen LogP contribution in [0.5, 0.6) is 5.75 Å². The van der Waals surface area contributed by atoms with Crippen LogP contribution in [0, 0.1) is 0 Å². The molecular formula is C13H16N2O4. The van der Waals surface area contributed by atoms with Crippen LogP contribution in [0.2, 0.25) is 0 Å².